The molecule has 0 unspecified atom stereocenters. The van der Waals surface area contributed by atoms with Crippen LogP contribution in [-0.2, 0) is 0 Å². The molecule has 9 aromatic rings. The van der Waals surface area contributed by atoms with Gasteiger partial charge in [0.1, 0.15) is 0 Å². The SMILES string of the molecule is c1cc(-c2ccc(-n3c4ccccc4c4cnccc43)cc2)nc(-c2cccc(-c3ccc4c(ccc5ccccc54)c3)n2)c1. The van der Waals surface area contributed by atoms with Gasteiger partial charge in [-0.15, -0.1) is 0 Å². The van der Waals surface area contributed by atoms with E-state index in [4.69, 9.17) is 9.97 Å². The van der Waals surface area contributed by atoms with E-state index in [9.17, 15) is 0 Å². The summed E-state index contributed by atoms with van der Waals surface area (Å²) < 4.78 is 2.30. The summed E-state index contributed by atoms with van der Waals surface area (Å²) in [5, 5.41) is 7.33. The highest BCUT2D eigenvalue weighted by molar-refractivity contribution is 6.09. The van der Waals surface area contributed by atoms with Gasteiger partial charge in [0.15, 0.2) is 0 Å². The minimum Gasteiger partial charge on any atom is -0.309 e. The maximum absolute atomic E-state index is 5.05. The summed E-state index contributed by atoms with van der Waals surface area (Å²) >= 11 is 0. The number of pyridine rings is 3. The summed E-state index contributed by atoms with van der Waals surface area (Å²) in [4.78, 5) is 14.5. The van der Waals surface area contributed by atoms with Crippen LogP contribution in [-0.4, -0.2) is 19.5 Å². The van der Waals surface area contributed by atoms with Crippen LogP contribution in [0.3, 0.4) is 0 Å². The normalized spacial score (nSPS) is 11.6. The van der Waals surface area contributed by atoms with Crippen molar-refractivity contribution in [2.75, 3.05) is 0 Å². The molecule has 0 radical (unpaired) electrons. The summed E-state index contributed by atoms with van der Waals surface area (Å²) in [6, 6.07) is 51.0. The Morgan fingerprint density at radius 3 is 1.84 bits per heavy atom. The Morgan fingerprint density at radius 1 is 0.400 bits per heavy atom. The molecule has 4 nitrogen and oxygen atoms in total. The first-order chi connectivity index (χ1) is 22.3. The third-order valence-electron chi connectivity index (χ3n) is 8.70. The van der Waals surface area contributed by atoms with Crippen molar-refractivity contribution in [1.82, 2.24) is 19.5 Å². The quantitative estimate of drug-likeness (QED) is 0.196. The molecule has 9 rings (SSSR count). The van der Waals surface area contributed by atoms with Gasteiger partial charge in [-0.05, 0) is 76.1 Å². The molecule has 4 heteroatoms. The Labute approximate surface area is 259 Å². The molecule has 4 aromatic heterocycles. The lowest BCUT2D eigenvalue weighted by Gasteiger charge is -2.10. The summed E-state index contributed by atoms with van der Waals surface area (Å²) in [6.45, 7) is 0. The van der Waals surface area contributed by atoms with E-state index >= 15 is 0 Å². The van der Waals surface area contributed by atoms with Crippen LogP contribution in [0.2, 0.25) is 0 Å². The number of aromatic nitrogens is 4. The van der Waals surface area contributed by atoms with Crippen molar-refractivity contribution in [2.45, 2.75) is 0 Å². The van der Waals surface area contributed by atoms with Crippen LogP contribution in [0.25, 0.3) is 82.9 Å². The molecule has 0 amide bonds. The predicted octanol–water partition coefficient (Wildman–Crippen LogP) is 10.3. The fourth-order valence-electron chi connectivity index (χ4n) is 6.52. The fourth-order valence-corrected chi connectivity index (χ4v) is 6.52. The molecule has 0 fully saturated rings. The van der Waals surface area contributed by atoms with Crippen molar-refractivity contribution < 1.29 is 0 Å². The number of hydrogen-bond acceptors (Lipinski definition) is 3. The second-order valence-corrected chi connectivity index (χ2v) is 11.3. The van der Waals surface area contributed by atoms with Crippen molar-refractivity contribution in [1.29, 1.82) is 0 Å². The molecule has 210 valence electrons. The van der Waals surface area contributed by atoms with Gasteiger partial charge in [0.05, 0.1) is 33.8 Å². The van der Waals surface area contributed by atoms with E-state index < -0.39 is 0 Å². The third kappa shape index (κ3) is 4.27. The molecular formula is C41H26N4. The minimum absolute atomic E-state index is 0.847. The van der Waals surface area contributed by atoms with Gasteiger partial charge in [-0.2, -0.15) is 0 Å². The summed E-state index contributed by atoms with van der Waals surface area (Å²) in [5.74, 6) is 0. The van der Waals surface area contributed by atoms with E-state index in [1.54, 1.807) is 0 Å². The maximum Gasteiger partial charge on any atom is 0.0893 e. The second-order valence-electron chi connectivity index (χ2n) is 11.3. The summed E-state index contributed by atoms with van der Waals surface area (Å²) in [5.41, 5.74) is 9.10. The van der Waals surface area contributed by atoms with E-state index in [0.29, 0.717) is 0 Å². The molecular weight excluding hydrogens is 548 g/mol. The molecule has 0 saturated heterocycles. The molecule has 0 aliphatic rings. The fraction of sp³-hybridized carbons (Fsp3) is 0. The molecule has 0 saturated carbocycles. The molecule has 0 aliphatic heterocycles. The number of hydrogen-bond donors (Lipinski definition) is 0. The van der Waals surface area contributed by atoms with Crippen molar-refractivity contribution in [3.05, 3.63) is 158 Å². The summed E-state index contributed by atoms with van der Waals surface area (Å²) in [7, 11) is 0. The van der Waals surface area contributed by atoms with Gasteiger partial charge < -0.3 is 4.57 Å². The van der Waals surface area contributed by atoms with Crippen molar-refractivity contribution in [3.63, 3.8) is 0 Å². The van der Waals surface area contributed by atoms with Crippen LogP contribution in [0, 0.1) is 0 Å². The molecule has 0 aliphatic carbocycles. The smallest absolute Gasteiger partial charge is 0.0893 e. The van der Waals surface area contributed by atoms with E-state index in [-0.39, 0.29) is 0 Å². The van der Waals surface area contributed by atoms with Crippen LogP contribution < -0.4 is 0 Å². The van der Waals surface area contributed by atoms with Crippen molar-refractivity contribution in [2.24, 2.45) is 0 Å². The maximum atomic E-state index is 5.05. The third-order valence-corrected chi connectivity index (χ3v) is 8.70. The lowest BCUT2D eigenvalue weighted by molar-refractivity contribution is 1.17. The standard InChI is InChI=1S/C41H26N4/c1-2-8-32-27(7-1)15-16-29-25-30(19-22-33(29)32)37-11-6-13-39(44-37)38-12-5-10-36(43-38)28-17-20-31(21-18-28)45-40-14-4-3-9-34(40)35-26-42-24-23-41(35)45/h1-26H. The molecule has 0 spiro atoms. The Morgan fingerprint density at radius 2 is 1.02 bits per heavy atom. The predicted molar refractivity (Wildman–Crippen MR) is 185 cm³/mol. The molecule has 5 aromatic carbocycles. The number of nitrogens with zero attached hydrogens (tertiary/aromatic N) is 4. The average Bonchev–Trinajstić information content (AvgIpc) is 3.46. The van der Waals surface area contributed by atoms with Crippen LogP contribution >= 0.6 is 0 Å². The van der Waals surface area contributed by atoms with E-state index in [2.05, 4.69) is 143 Å². The zero-order chi connectivity index (χ0) is 29.7. The van der Waals surface area contributed by atoms with Gasteiger partial charge in [0.25, 0.3) is 0 Å². The van der Waals surface area contributed by atoms with E-state index in [0.717, 1.165) is 50.5 Å². The van der Waals surface area contributed by atoms with Gasteiger partial charge in [-0.25, -0.2) is 9.97 Å². The highest BCUT2D eigenvalue weighted by Crippen LogP contribution is 2.33. The Balaban J connectivity index is 1.06. The Bertz CT molecular complexity index is 2490. The van der Waals surface area contributed by atoms with Crippen molar-refractivity contribution in [3.8, 4) is 39.6 Å². The van der Waals surface area contributed by atoms with Crippen LogP contribution in [0.5, 0.6) is 0 Å². The van der Waals surface area contributed by atoms with Crippen LogP contribution in [0.15, 0.2) is 158 Å². The Kier molecular flexibility index (Phi) is 5.78. The van der Waals surface area contributed by atoms with E-state index in [1.165, 1.54) is 32.4 Å². The monoisotopic (exact) mass is 574 g/mol. The average molecular weight is 575 g/mol. The zero-order valence-corrected chi connectivity index (χ0v) is 24.3. The molecule has 45 heavy (non-hydrogen) atoms. The van der Waals surface area contributed by atoms with Crippen molar-refractivity contribution >= 4 is 43.4 Å². The number of benzene rings is 5. The number of para-hydroxylation sites is 1. The van der Waals surface area contributed by atoms with Gasteiger partial charge in [0.2, 0.25) is 0 Å². The lowest BCUT2D eigenvalue weighted by Crippen LogP contribution is -1.95. The van der Waals surface area contributed by atoms with Gasteiger partial charge in [-0.1, -0.05) is 91.0 Å². The number of fused-ring (bicyclic) bond motifs is 6. The highest BCUT2D eigenvalue weighted by Gasteiger charge is 2.13. The molecule has 0 atom stereocenters. The zero-order valence-electron chi connectivity index (χ0n) is 24.3. The largest absolute Gasteiger partial charge is 0.309 e. The first-order valence-electron chi connectivity index (χ1n) is 15.1. The lowest BCUT2D eigenvalue weighted by atomic mass is 9.99. The van der Waals surface area contributed by atoms with Gasteiger partial charge >= 0.3 is 0 Å². The molecule has 0 N–H and O–H groups in total. The van der Waals surface area contributed by atoms with Gasteiger partial charge in [-0.3, -0.25) is 4.98 Å². The van der Waals surface area contributed by atoms with Crippen LogP contribution in [0.1, 0.15) is 0 Å². The highest BCUT2D eigenvalue weighted by atomic mass is 15.0. The number of rotatable bonds is 4. The minimum atomic E-state index is 0.847. The topological polar surface area (TPSA) is 43.6 Å². The Hall–Kier alpha value is -6.13. The van der Waals surface area contributed by atoms with Crippen LogP contribution in [0.4, 0.5) is 0 Å². The first kappa shape index (κ1) is 25.4. The molecule has 0 bridgehead atoms. The molecule has 4 heterocycles. The second kappa shape index (κ2) is 10.2. The first-order valence-corrected chi connectivity index (χ1v) is 15.1. The van der Waals surface area contributed by atoms with Gasteiger partial charge in [0, 0.05) is 40.0 Å². The van der Waals surface area contributed by atoms with E-state index in [1.807, 2.05) is 24.5 Å². The summed E-state index contributed by atoms with van der Waals surface area (Å²) in [6.07, 6.45) is 3.80.